The third kappa shape index (κ3) is 2.13. The normalized spacial score (nSPS) is 11.0. The van der Waals surface area contributed by atoms with Crippen LogP contribution < -0.4 is 0 Å². The zero-order valence-corrected chi connectivity index (χ0v) is 7.02. The number of rotatable bonds is 0. The number of halogens is 4. The summed E-state index contributed by atoms with van der Waals surface area (Å²) in [4.78, 5) is 3.00. The summed E-state index contributed by atoms with van der Waals surface area (Å²) in [6, 6.07) is 3.20. The fourth-order valence-corrected chi connectivity index (χ4v) is 1.02. The van der Waals surface area contributed by atoms with Gasteiger partial charge >= 0.3 is 11.9 Å². The fraction of sp³-hybridized carbons (Fsp3) is 0.125. The largest absolute Gasteiger partial charge is 0.424 e. The lowest BCUT2D eigenvalue weighted by atomic mass is 10.2. The summed E-state index contributed by atoms with van der Waals surface area (Å²) in [5.41, 5.74) is -1.25. The van der Waals surface area contributed by atoms with Crippen LogP contribution in [0.4, 0.5) is 18.9 Å². The number of nitrogens with zero attached hydrogens (tertiary/aromatic N) is 1. The first-order valence-electron chi connectivity index (χ1n) is 3.23. The van der Waals surface area contributed by atoms with Gasteiger partial charge in [-0.15, -0.1) is 0 Å². The van der Waals surface area contributed by atoms with Crippen molar-refractivity contribution in [2.45, 2.75) is 6.18 Å². The molecule has 5 heteroatoms. The molecule has 0 aliphatic carbocycles. The predicted octanol–water partition coefficient (Wildman–Crippen LogP) is 3.95. The van der Waals surface area contributed by atoms with Crippen LogP contribution in [0.15, 0.2) is 18.2 Å². The van der Waals surface area contributed by atoms with E-state index >= 15 is 0 Å². The Hall–Kier alpha value is -1.21. The van der Waals surface area contributed by atoms with Gasteiger partial charge in [0, 0.05) is 11.1 Å². The Bertz CT molecular complexity index is 365. The van der Waals surface area contributed by atoms with Gasteiger partial charge in [-0.1, -0.05) is 11.6 Å². The summed E-state index contributed by atoms with van der Waals surface area (Å²) in [6.45, 7) is 4.78. The zero-order valence-electron chi connectivity index (χ0n) is 6.27. The van der Waals surface area contributed by atoms with Crippen LogP contribution in [0, 0.1) is 6.57 Å². The van der Waals surface area contributed by atoms with Gasteiger partial charge in [-0.05, 0) is 17.0 Å². The summed E-state index contributed by atoms with van der Waals surface area (Å²) in [7, 11) is 0. The van der Waals surface area contributed by atoms with Crippen molar-refractivity contribution in [3.63, 3.8) is 0 Å². The summed E-state index contributed by atoms with van der Waals surface area (Å²) >= 11 is 5.40. The van der Waals surface area contributed by atoms with Crippen molar-refractivity contribution in [2.75, 3.05) is 0 Å². The van der Waals surface area contributed by atoms with E-state index in [9.17, 15) is 13.2 Å². The van der Waals surface area contributed by atoms with E-state index in [1.807, 2.05) is 0 Å². The molecule has 0 spiro atoms. The Balaban J connectivity index is 3.35. The van der Waals surface area contributed by atoms with Crippen molar-refractivity contribution >= 4 is 17.3 Å². The van der Waals surface area contributed by atoms with E-state index in [2.05, 4.69) is 4.85 Å². The molecule has 1 rings (SSSR count). The van der Waals surface area contributed by atoms with E-state index in [0.29, 0.717) is 0 Å². The molecule has 0 amide bonds. The highest BCUT2D eigenvalue weighted by atomic mass is 35.5. The molecule has 0 aliphatic heterocycles. The molecule has 0 N–H and O–H groups in total. The summed E-state index contributed by atoms with van der Waals surface area (Å²) in [5.74, 6) is 0. The molecule has 0 unspecified atom stereocenters. The van der Waals surface area contributed by atoms with Gasteiger partial charge in [0.1, 0.15) is 5.56 Å². The van der Waals surface area contributed by atoms with Gasteiger partial charge < -0.3 is 0 Å². The monoisotopic (exact) mass is 206 g/mol. The van der Waals surface area contributed by atoms with Gasteiger partial charge in [-0.25, -0.2) is 0 Å². The lowest BCUT2D eigenvalue weighted by Crippen LogP contribution is -2.04. The molecule has 1 aromatic rings. The van der Waals surface area contributed by atoms with Crippen molar-refractivity contribution in [3.8, 4) is 6.57 Å². The van der Waals surface area contributed by atoms with Gasteiger partial charge in [0.2, 0.25) is 0 Å². The van der Waals surface area contributed by atoms with Crippen molar-refractivity contribution < 1.29 is 13.2 Å². The van der Waals surface area contributed by atoms with Gasteiger partial charge in [0.05, 0.1) is 0 Å². The lowest BCUT2D eigenvalue weighted by Gasteiger charge is -2.03. The highest BCUT2D eigenvalue weighted by Gasteiger charge is 2.37. The third-order valence-corrected chi connectivity index (χ3v) is 1.64. The summed E-state index contributed by atoms with van der Waals surface area (Å²) in [5, 5.41) is -0.000255. The summed E-state index contributed by atoms with van der Waals surface area (Å²) < 4.78 is 36.7. The lowest BCUT2D eigenvalue weighted by molar-refractivity contribution is -0.136. The molecule has 0 aliphatic rings. The number of benzene rings is 1. The fourth-order valence-electron chi connectivity index (χ4n) is 0.848. The van der Waals surface area contributed by atoms with E-state index < -0.39 is 11.7 Å². The minimum atomic E-state index is -4.48. The molecule has 0 saturated carbocycles. The first kappa shape index (κ1) is 9.87. The maximum atomic E-state index is 12.2. The van der Waals surface area contributed by atoms with E-state index in [0.717, 1.165) is 12.1 Å². The molecule has 0 radical (unpaired) electrons. The number of alkyl halides is 3. The Morgan fingerprint density at radius 1 is 1.31 bits per heavy atom. The molecule has 0 saturated heterocycles. The topological polar surface area (TPSA) is 4.36 Å². The second kappa shape index (κ2) is 3.27. The molecular formula is C8H4ClF3N+. The molecule has 0 aromatic heterocycles. The van der Waals surface area contributed by atoms with Crippen LogP contribution in [0.2, 0.25) is 5.02 Å². The molecule has 0 bridgehead atoms. The average molecular weight is 207 g/mol. The van der Waals surface area contributed by atoms with Crippen LogP contribution in [-0.4, -0.2) is 0 Å². The minimum Gasteiger partial charge on any atom is -0.166 e. The molecule has 1 nitrogen and oxygen atoms in total. The molecule has 0 heterocycles. The quantitative estimate of drug-likeness (QED) is 0.605. The second-order valence-electron chi connectivity index (χ2n) is 2.29. The number of hydrogen-bond acceptors (Lipinski definition) is 0. The molecule has 0 fully saturated rings. The van der Waals surface area contributed by atoms with Crippen LogP contribution >= 0.6 is 11.6 Å². The van der Waals surface area contributed by atoms with E-state index in [-0.39, 0.29) is 10.7 Å². The van der Waals surface area contributed by atoms with Crippen molar-refractivity contribution in [1.82, 2.24) is 0 Å². The Morgan fingerprint density at radius 3 is 2.38 bits per heavy atom. The summed E-state index contributed by atoms with van der Waals surface area (Å²) in [6.07, 6.45) is -4.48. The Labute approximate surface area is 77.6 Å². The van der Waals surface area contributed by atoms with E-state index in [1.54, 1.807) is 0 Å². The maximum absolute atomic E-state index is 12.2. The van der Waals surface area contributed by atoms with Gasteiger partial charge in [0.15, 0.2) is 0 Å². The van der Waals surface area contributed by atoms with Crippen LogP contribution in [-0.2, 0) is 6.18 Å². The first-order chi connectivity index (χ1) is 5.95. The van der Waals surface area contributed by atoms with Crippen molar-refractivity contribution in [1.29, 1.82) is 0 Å². The minimum absolute atomic E-state index is 0.000255. The Morgan fingerprint density at radius 2 is 1.92 bits per heavy atom. The van der Waals surface area contributed by atoms with E-state index in [4.69, 9.17) is 18.2 Å². The van der Waals surface area contributed by atoms with Crippen molar-refractivity contribution in [2.24, 2.45) is 0 Å². The first-order valence-corrected chi connectivity index (χ1v) is 3.60. The maximum Gasteiger partial charge on any atom is 0.424 e. The van der Waals surface area contributed by atoms with E-state index in [1.165, 1.54) is 6.07 Å². The number of hydrogen-bond donors (Lipinski definition) is 0. The highest BCUT2D eigenvalue weighted by Crippen LogP contribution is 2.37. The smallest absolute Gasteiger partial charge is 0.166 e. The van der Waals surface area contributed by atoms with Gasteiger partial charge in [0.25, 0.3) is 6.57 Å². The van der Waals surface area contributed by atoms with Gasteiger partial charge in [-0.3, -0.25) is 0 Å². The Kier molecular flexibility index (Phi) is 2.48. The zero-order chi connectivity index (χ0) is 10.1. The SMILES string of the molecule is C#[N+]c1ccc(Cl)cc1C(F)(F)F. The van der Waals surface area contributed by atoms with Crippen LogP contribution in [0.5, 0.6) is 0 Å². The molecule has 68 valence electrons. The van der Waals surface area contributed by atoms with Crippen LogP contribution in [0.25, 0.3) is 4.85 Å². The predicted molar refractivity (Wildman–Crippen MR) is 44.4 cm³/mol. The van der Waals surface area contributed by atoms with Crippen LogP contribution in [0.3, 0.4) is 0 Å². The van der Waals surface area contributed by atoms with Crippen LogP contribution in [0.1, 0.15) is 5.56 Å². The second-order valence-corrected chi connectivity index (χ2v) is 2.72. The molecule has 13 heavy (non-hydrogen) atoms. The molecular weight excluding hydrogens is 203 g/mol. The third-order valence-electron chi connectivity index (χ3n) is 1.40. The standard InChI is InChI=1S/C8H4ClF3N/c1-13-7-3-2-5(9)4-6(7)8(10,11)12/h1-4H/q+1. The van der Waals surface area contributed by atoms with Gasteiger partial charge in [-0.2, -0.15) is 13.2 Å². The molecule has 0 atom stereocenters. The molecule has 1 aromatic carbocycles. The highest BCUT2D eigenvalue weighted by molar-refractivity contribution is 6.30. The average Bonchev–Trinajstić information content (AvgIpc) is 2.03. The van der Waals surface area contributed by atoms with Crippen molar-refractivity contribution in [3.05, 3.63) is 33.6 Å².